The molecular weight excluding hydrogens is 334 g/mol. The van der Waals surface area contributed by atoms with Crippen molar-refractivity contribution in [3.05, 3.63) is 60.0 Å². The second-order valence-electron chi connectivity index (χ2n) is 5.01. The van der Waals surface area contributed by atoms with Gasteiger partial charge in [-0.1, -0.05) is 0 Å². The zero-order chi connectivity index (χ0) is 17.1. The Balaban J connectivity index is 1.76. The third-order valence-corrected chi connectivity index (χ3v) is 4.46. The van der Waals surface area contributed by atoms with Gasteiger partial charge >= 0.3 is 0 Å². The molecule has 0 N–H and O–H groups in total. The normalized spacial score (nSPS) is 12.2. The topological polar surface area (TPSA) is 48.2 Å². The molecule has 4 nitrogen and oxygen atoms in total. The molecule has 0 aliphatic heterocycles. The number of hydrogen-bond donors (Lipinski definition) is 0. The summed E-state index contributed by atoms with van der Waals surface area (Å²) in [5.41, 5.74) is 0.764. The zero-order valence-electron chi connectivity index (χ0n) is 13.0. The van der Waals surface area contributed by atoms with Gasteiger partial charge in [0.05, 0.1) is 12.4 Å². The predicted molar refractivity (Wildman–Crippen MR) is 86.9 cm³/mol. The van der Waals surface area contributed by atoms with Crippen molar-refractivity contribution >= 4 is 11.8 Å². The first-order valence-corrected chi connectivity index (χ1v) is 8.04. The number of aromatic nitrogens is 2. The molecule has 0 radical (unpaired) electrons. The van der Waals surface area contributed by atoms with E-state index in [1.54, 1.807) is 19.2 Å². The van der Waals surface area contributed by atoms with E-state index in [0.717, 1.165) is 17.4 Å². The maximum absolute atomic E-state index is 13.7. The fraction of sp³-hybridized carbons (Fsp3) is 0.176. The van der Waals surface area contributed by atoms with Crippen LogP contribution < -0.4 is 4.74 Å². The molecule has 0 saturated carbocycles. The molecule has 124 valence electrons. The van der Waals surface area contributed by atoms with Crippen molar-refractivity contribution in [2.24, 2.45) is 0 Å². The summed E-state index contributed by atoms with van der Waals surface area (Å²) < 4.78 is 37.4. The number of hydrogen-bond acceptors (Lipinski definition) is 5. The van der Waals surface area contributed by atoms with Gasteiger partial charge in [-0.15, -0.1) is 22.0 Å². The van der Waals surface area contributed by atoms with E-state index < -0.39 is 11.6 Å². The van der Waals surface area contributed by atoms with Gasteiger partial charge in [-0.05, 0) is 43.3 Å². The maximum Gasteiger partial charge on any atom is 0.247 e. The zero-order valence-corrected chi connectivity index (χ0v) is 13.8. The van der Waals surface area contributed by atoms with Crippen molar-refractivity contribution in [3.63, 3.8) is 0 Å². The van der Waals surface area contributed by atoms with Crippen LogP contribution in [-0.2, 0) is 0 Å². The minimum absolute atomic E-state index is 0.274. The minimum Gasteiger partial charge on any atom is -0.497 e. The van der Waals surface area contributed by atoms with Crippen LogP contribution in [0.25, 0.3) is 11.5 Å². The van der Waals surface area contributed by atoms with Gasteiger partial charge in [-0.3, -0.25) is 0 Å². The molecule has 3 rings (SSSR count). The number of thioether (sulfide) groups is 1. The average molecular weight is 348 g/mol. The van der Waals surface area contributed by atoms with Gasteiger partial charge < -0.3 is 9.15 Å². The van der Waals surface area contributed by atoms with E-state index in [2.05, 4.69) is 10.2 Å². The largest absolute Gasteiger partial charge is 0.497 e. The first-order chi connectivity index (χ1) is 11.6. The smallest absolute Gasteiger partial charge is 0.247 e. The summed E-state index contributed by atoms with van der Waals surface area (Å²) in [4.78, 5) is 0.327. The maximum atomic E-state index is 13.7. The SMILES string of the molecule is COc1ccc(-c2nnc([C@H](C)Sc3ccc(F)cc3F)o2)cc1. The first kappa shape index (κ1) is 16.4. The third-order valence-electron chi connectivity index (χ3n) is 3.32. The summed E-state index contributed by atoms with van der Waals surface area (Å²) in [6.45, 7) is 1.82. The fourth-order valence-corrected chi connectivity index (χ4v) is 2.96. The van der Waals surface area contributed by atoms with Crippen molar-refractivity contribution < 1.29 is 17.9 Å². The molecule has 0 aliphatic rings. The van der Waals surface area contributed by atoms with Gasteiger partial charge in [0, 0.05) is 16.5 Å². The lowest BCUT2D eigenvalue weighted by molar-refractivity contribution is 0.415. The summed E-state index contributed by atoms with van der Waals surface area (Å²) >= 11 is 1.19. The number of nitrogens with zero attached hydrogens (tertiary/aromatic N) is 2. The molecule has 0 bridgehead atoms. The molecule has 24 heavy (non-hydrogen) atoms. The third kappa shape index (κ3) is 3.56. The Hall–Kier alpha value is -2.41. The summed E-state index contributed by atoms with van der Waals surface area (Å²) in [5.74, 6) is 0.259. The van der Waals surface area contributed by atoms with Gasteiger partial charge in [0.2, 0.25) is 11.8 Å². The quantitative estimate of drug-likeness (QED) is 0.615. The van der Waals surface area contributed by atoms with Crippen LogP contribution >= 0.6 is 11.8 Å². The van der Waals surface area contributed by atoms with Crippen LogP contribution in [0.5, 0.6) is 5.75 Å². The molecule has 0 fully saturated rings. The lowest BCUT2D eigenvalue weighted by Gasteiger charge is -2.07. The molecule has 0 spiro atoms. The van der Waals surface area contributed by atoms with E-state index in [0.29, 0.717) is 16.7 Å². The molecular formula is C17H14F2N2O2S. The van der Waals surface area contributed by atoms with Crippen LogP contribution in [0.4, 0.5) is 8.78 Å². The van der Waals surface area contributed by atoms with Crippen molar-refractivity contribution in [1.82, 2.24) is 10.2 Å². The van der Waals surface area contributed by atoms with Gasteiger partial charge in [0.15, 0.2) is 0 Å². The molecule has 2 aromatic carbocycles. The van der Waals surface area contributed by atoms with Crippen LogP contribution in [0.1, 0.15) is 18.1 Å². The Labute approximate surface area is 141 Å². The molecule has 0 amide bonds. The highest BCUT2D eigenvalue weighted by Gasteiger charge is 2.18. The molecule has 3 aromatic rings. The molecule has 0 aliphatic carbocycles. The van der Waals surface area contributed by atoms with E-state index in [1.165, 1.54) is 23.9 Å². The predicted octanol–water partition coefficient (Wildman–Crippen LogP) is 4.88. The lowest BCUT2D eigenvalue weighted by Crippen LogP contribution is -1.91. The van der Waals surface area contributed by atoms with E-state index in [4.69, 9.17) is 9.15 Å². The highest BCUT2D eigenvalue weighted by atomic mass is 32.2. The van der Waals surface area contributed by atoms with Crippen LogP contribution in [-0.4, -0.2) is 17.3 Å². The Kier molecular flexibility index (Phi) is 4.80. The molecule has 0 unspecified atom stereocenters. The summed E-state index contributed by atoms with van der Waals surface area (Å²) in [6.07, 6.45) is 0. The van der Waals surface area contributed by atoms with Crippen molar-refractivity contribution in [2.45, 2.75) is 17.1 Å². The summed E-state index contributed by atoms with van der Waals surface area (Å²) in [7, 11) is 1.59. The van der Waals surface area contributed by atoms with E-state index in [9.17, 15) is 8.78 Å². The van der Waals surface area contributed by atoms with Crippen molar-refractivity contribution in [3.8, 4) is 17.2 Å². The Morgan fingerprint density at radius 1 is 1.08 bits per heavy atom. The highest BCUT2D eigenvalue weighted by molar-refractivity contribution is 7.99. The number of rotatable bonds is 5. The second-order valence-corrected chi connectivity index (χ2v) is 6.39. The lowest BCUT2D eigenvalue weighted by atomic mass is 10.2. The molecule has 1 aromatic heterocycles. The van der Waals surface area contributed by atoms with Crippen molar-refractivity contribution in [2.75, 3.05) is 7.11 Å². The number of ether oxygens (including phenoxy) is 1. The highest BCUT2D eigenvalue weighted by Crippen LogP contribution is 2.36. The van der Waals surface area contributed by atoms with Crippen LogP contribution in [0, 0.1) is 11.6 Å². The van der Waals surface area contributed by atoms with Gasteiger partial charge in [-0.2, -0.15) is 0 Å². The van der Waals surface area contributed by atoms with E-state index >= 15 is 0 Å². The first-order valence-electron chi connectivity index (χ1n) is 7.16. The Morgan fingerprint density at radius 3 is 2.50 bits per heavy atom. The monoisotopic (exact) mass is 348 g/mol. The van der Waals surface area contributed by atoms with Crippen LogP contribution in [0.2, 0.25) is 0 Å². The Bertz CT molecular complexity index is 837. The van der Waals surface area contributed by atoms with Gasteiger partial charge in [-0.25, -0.2) is 8.78 Å². The second kappa shape index (κ2) is 7.00. The number of halogens is 2. The number of benzene rings is 2. The van der Waals surface area contributed by atoms with E-state index in [-0.39, 0.29) is 5.25 Å². The van der Waals surface area contributed by atoms with Crippen molar-refractivity contribution in [1.29, 1.82) is 0 Å². The minimum atomic E-state index is -0.609. The molecule has 7 heteroatoms. The molecule has 0 saturated heterocycles. The molecule has 1 heterocycles. The van der Waals surface area contributed by atoms with E-state index in [1.807, 2.05) is 19.1 Å². The van der Waals surface area contributed by atoms with Crippen LogP contribution in [0.3, 0.4) is 0 Å². The molecule has 1 atom stereocenters. The fourth-order valence-electron chi connectivity index (χ4n) is 2.06. The summed E-state index contributed by atoms with van der Waals surface area (Å²) in [5, 5.41) is 7.76. The number of methoxy groups -OCH3 is 1. The standard InChI is InChI=1S/C17H14F2N2O2S/c1-10(24-15-8-5-12(18)9-14(15)19)16-20-21-17(23-16)11-3-6-13(22-2)7-4-11/h3-10H,1-2H3/t10-/m0/s1. The average Bonchev–Trinajstić information content (AvgIpc) is 3.07. The summed E-state index contributed by atoms with van der Waals surface area (Å²) in [6, 6.07) is 10.7. The van der Waals surface area contributed by atoms with Crippen LogP contribution in [0.15, 0.2) is 51.8 Å². The Morgan fingerprint density at radius 2 is 1.83 bits per heavy atom. The van der Waals surface area contributed by atoms with Gasteiger partial charge in [0.25, 0.3) is 0 Å². The van der Waals surface area contributed by atoms with Gasteiger partial charge in [0.1, 0.15) is 17.4 Å².